The molecule has 0 radical (unpaired) electrons. The molecule has 2 aliphatic rings. The van der Waals surface area contributed by atoms with Crippen LogP contribution >= 0.6 is 0 Å². The molecule has 0 unspecified atom stereocenters. The zero-order valence-corrected chi connectivity index (χ0v) is 19.9. The number of anilines is 1. The van der Waals surface area contributed by atoms with Gasteiger partial charge in [-0.2, -0.15) is 0 Å². The molecule has 2 aliphatic heterocycles. The molecule has 176 valence electrons. The molecular weight excluding hydrogens is 412 g/mol. The summed E-state index contributed by atoms with van der Waals surface area (Å²) in [7, 11) is 0. The highest BCUT2D eigenvalue weighted by Crippen LogP contribution is 2.26. The van der Waals surface area contributed by atoms with Gasteiger partial charge < -0.3 is 10.2 Å². The number of hydrogen-bond donors (Lipinski definition) is 1. The average molecular weight is 449 g/mol. The summed E-state index contributed by atoms with van der Waals surface area (Å²) in [5.41, 5.74) is 4.05. The summed E-state index contributed by atoms with van der Waals surface area (Å²) in [6.45, 7) is 9.43. The lowest BCUT2D eigenvalue weighted by Crippen LogP contribution is -2.52. The molecule has 1 N–H and O–H groups in total. The van der Waals surface area contributed by atoms with Crippen molar-refractivity contribution >= 4 is 17.5 Å². The Bertz CT molecular complexity index is 948. The first-order chi connectivity index (χ1) is 16.0. The van der Waals surface area contributed by atoms with Crippen molar-refractivity contribution in [2.75, 3.05) is 51.1 Å². The smallest absolute Gasteiger partial charge is 0.246 e. The summed E-state index contributed by atoms with van der Waals surface area (Å²) in [4.78, 5) is 32.7. The lowest BCUT2D eigenvalue weighted by Gasteiger charge is -2.39. The Kier molecular flexibility index (Phi) is 7.78. The molecule has 2 aromatic rings. The van der Waals surface area contributed by atoms with Gasteiger partial charge in [-0.05, 0) is 55.9 Å². The minimum atomic E-state index is -0.356. The zero-order valence-electron chi connectivity index (χ0n) is 19.9. The fourth-order valence-corrected chi connectivity index (χ4v) is 4.85. The van der Waals surface area contributed by atoms with Gasteiger partial charge in [-0.15, -0.1) is 0 Å². The van der Waals surface area contributed by atoms with Crippen molar-refractivity contribution < 1.29 is 9.59 Å². The maximum absolute atomic E-state index is 13.5. The van der Waals surface area contributed by atoms with Crippen LogP contribution in [0.2, 0.25) is 0 Å². The van der Waals surface area contributed by atoms with Gasteiger partial charge in [0.05, 0.1) is 6.54 Å². The van der Waals surface area contributed by atoms with Crippen molar-refractivity contribution in [3.8, 4) is 0 Å². The third-order valence-corrected chi connectivity index (χ3v) is 6.85. The predicted molar refractivity (Wildman–Crippen MR) is 132 cm³/mol. The molecule has 0 bridgehead atoms. The van der Waals surface area contributed by atoms with E-state index >= 15 is 0 Å². The number of rotatable bonds is 6. The Morgan fingerprint density at radius 3 is 2.27 bits per heavy atom. The summed E-state index contributed by atoms with van der Waals surface area (Å²) in [6.07, 6.45) is 3.47. The van der Waals surface area contributed by atoms with Crippen LogP contribution in [0.5, 0.6) is 0 Å². The molecule has 2 amide bonds. The predicted octanol–water partition coefficient (Wildman–Crippen LogP) is 3.61. The van der Waals surface area contributed by atoms with Gasteiger partial charge in [0.2, 0.25) is 11.8 Å². The van der Waals surface area contributed by atoms with Crippen LogP contribution in [0.4, 0.5) is 5.69 Å². The molecular formula is C27H36N4O2. The largest absolute Gasteiger partial charge is 0.342 e. The Labute approximate surface area is 197 Å². The first-order valence-corrected chi connectivity index (χ1v) is 12.2. The van der Waals surface area contributed by atoms with E-state index in [0.717, 1.165) is 74.5 Å². The normalized spacial score (nSPS) is 18.7. The molecule has 4 rings (SSSR count). The second kappa shape index (κ2) is 10.9. The van der Waals surface area contributed by atoms with Gasteiger partial charge in [0, 0.05) is 45.0 Å². The molecule has 1 atom stereocenters. The summed E-state index contributed by atoms with van der Waals surface area (Å²) >= 11 is 0. The number of likely N-dealkylation sites (tertiary alicyclic amines) is 1. The average Bonchev–Trinajstić information content (AvgIpc) is 2.84. The van der Waals surface area contributed by atoms with Crippen LogP contribution in [-0.4, -0.2) is 72.3 Å². The molecule has 0 aromatic heterocycles. The number of amides is 2. The topological polar surface area (TPSA) is 55.9 Å². The van der Waals surface area contributed by atoms with Crippen LogP contribution in [0.15, 0.2) is 48.5 Å². The van der Waals surface area contributed by atoms with Gasteiger partial charge in [0.1, 0.15) is 6.04 Å². The lowest BCUT2D eigenvalue weighted by molar-refractivity contribution is -0.134. The first kappa shape index (κ1) is 23.5. The number of piperazine rings is 1. The van der Waals surface area contributed by atoms with E-state index in [0.29, 0.717) is 6.54 Å². The molecule has 2 heterocycles. The molecule has 6 nitrogen and oxygen atoms in total. The minimum absolute atomic E-state index is 0.00672. The number of benzene rings is 2. The van der Waals surface area contributed by atoms with Crippen LogP contribution in [0.25, 0.3) is 0 Å². The Morgan fingerprint density at radius 1 is 0.879 bits per heavy atom. The van der Waals surface area contributed by atoms with E-state index < -0.39 is 0 Å². The van der Waals surface area contributed by atoms with Gasteiger partial charge in [-0.1, -0.05) is 42.5 Å². The van der Waals surface area contributed by atoms with Crippen molar-refractivity contribution in [1.29, 1.82) is 0 Å². The van der Waals surface area contributed by atoms with Crippen molar-refractivity contribution in [3.05, 3.63) is 65.2 Å². The summed E-state index contributed by atoms with van der Waals surface area (Å²) in [6, 6.07) is 15.8. The van der Waals surface area contributed by atoms with Crippen molar-refractivity contribution in [3.63, 3.8) is 0 Å². The molecule has 33 heavy (non-hydrogen) atoms. The summed E-state index contributed by atoms with van der Waals surface area (Å²) < 4.78 is 0. The molecule has 2 fully saturated rings. The van der Waals surface area contributed by atoms with Gasteiger partial charge in [0.25, 0.3) is 0 Å². The molecule has 0 saturated carbocycles. The highest BCUT2D eigenvalue weighted by atomic mass is 16.2. The quantitative estimate of drug-likeness (QED) is 0.734. The van der Waals surface area contributed by atoms with E-state index in [-0.39, 0.29) is 17.9 Å². The second-order valence-corrected chi connectivity index (χ2v) is 9.37. The van der Waals surface area contributed by atoms with Gasteiger partial charge >= 0.3 is 0 Å². The number of nitrogens with one attached hydrogen (secondary N) is 1. The van der Waals surface area contributed by atoms with Crippen molar-refractivity contribution in [2.24, 2.45) is 0 Å². The van der Waals surface area contributed by atoms with Crippen LogP contribution < -0.4 is 5.32 Å². The molecule has 6 heteroatoms. The number of carbonyl (C=O) groups excluding carboxylic acids is 2. The van der Waals surface area contributed by atoms with E-state index in [1.165, 1.54) is 6.42 Å². The third kappa shape index (κ3) is 6.01. The Hall–Kier alpha value is -2.70. The van der Waals surface area contributed by atoms with E-state index in [9.17, 15) is 9.59 Å². The number of piperidine rings is 1. The van der Waals surface area contributed by atoms with Crippen LogP contribution in [0.1, 0.15) is 42.0 Å². The van der Waals surface area contributed by atoms with Gasteiger partial charge in [0.15, 0.2) is 0 Å². The zero-order chi connectivity index (χ0) is 23.2. The van der Waals surface area contributed by atoms with E-state index in [4.69, 9.17) is 0 Å². The highest BCUT2D eigenvalue weighted by molar-refractivity contribution is 5.96. The minimum Gasteiger partial charge on any atom is -0.342 e. The SMILES string of the molecule is Cc1ccc(C)c(NC(=O)[C@H](c2ccccc2)N2CCN(CC(=O)N3CCCCC3)CC2)c1. The fraction of sp³-hybridized carbons (Fsp3) is 0.481. The molecule has 2 saturated heterocycles. The van der Waals surface area contributed by atoms with E-state index in [1.807, 2.05) is 61.2 Å². The lowest BCUT2D eigenvalue weighted by atomic mass is 10.0. The van der Waals surface area contributed by atoms with Crippen LogP contribution in [0.3, 0.4) is 0 Å². The summed E-state index contributed by atoms with van der Waals surface area (Å²) in [5, 5.41) is 3.18. The first-order valence-electron chi connectivity index (χ1n) is 12.2. The third-order valence-electron chi connectivity index (χ3n) is 6.85. The van der Waals surface area contributed by atoms with Gasteiger partial charge in [-0.3, -0.25) is 19.4 Å². The molecule has 0 aliphatic carbocycles. The number of aryl methyl sites for hydroxylation is 2. The maximum atomic E-state index is 13.5. The van der Waals surface area contributed by atoms with Crippen molar-refractivity contribution in [2.45, 2.75) is 39.2 Å². The Balaban J connectivity index is 1.42. The second-order valence-electron chi connectivity index (χ2n) is 9.37. The molecule has 2 aromatic carbocycles. The number of carbonyl (C=O) groups is 2. The standard InChI is InChI=1S/C27H36N4O2/c1-21-11-12-22(2)24(19-21)28-27(33)26(23-9-5-3-6-10-23)31-17-15-29(16-18-31)20-25(32)30-13-7-4-8-14-30/h3,5-6,9-12,19,26H,4,7-8,13-18,20H2,1-2H3,(H,28,33)/t26-/m0/s1. The highest BCUT2D eigenvalue weighted by Gasteiger charge is 2.31. The van der Waals surface area contributed by atoms with E-state index in [2.05, 4.69) is 21.2 Å². The fourth-order valence-electron chi connectivity index (χ4n) is 4.85. The number of hydrogen-bond acceptors (Lipinski definition) is 4. The van der Waals surface area contributed by atoms with E-state index in [1.54, 1.807) is 0 Å². The number of nitrogens with zero attached hydrogens (tertiary/aromatic N) is 3. The van der Waals surface area contributed by atoms with Crippen molar-refractivity contribution in [1.82, 2.24) is 14.7 Å². The van der Waals surface area contributed by atoms with Crippen LogP contribution in [-0.2, 0) is 9.59 Å². The Morgan fingerprint density at radius 2 is 1.58 bits per heavy atom. The summed E-state index contributed by atoms with van der Waals surface area (Å²) in [5.74, 6) is 0.239. The van der Waals surface area contributed by atoms with Gasteiger partial charge in [-0.25, -0.2) is 0 Å². The maximum Gasteiger partial charge on any atom is 0.246 e. The van der Waals surface area contributed by atoms with Crippen LogP contribution in [0, 0.1) is 13.8 Å². The molecule has 0 spiro atoms. The monoisotopic (exact) mass is 448 g/mol.